The summed E-state index contributed by atoms with van der Waals surface area (Å²) in [7, 11) is 0. The Morgan fingerprint density at radius 2 is 1.80 bits per heavy atom. The quantitative estimate of drug-likeness (QED) is 0.640. The number of carbonyl (C=O) groups excluding carboxylic acids is 3. The molecule has 4 heterocycles. The maximum atomic E-state index is 12.5. The minimum atomic E-state index is -0.828. The molecule has 1 unspecified atom stereocenters. The van der Waals surface area contributed by atoms with E-state index in [1.807, 2.05) is 20.8 Å². The molecule has 2 aliphatic heterocycles. The Morgan fingerprint density at radius 3 is 2.40 bits per heavy atom. The van der Waals surface area contributed by atoms with Crippen molar-refractivity contribution in [2.45, 2.75) is 45.3 Å². The third-order valence-corrected chi connectivity index (χ3v) is 5.52. The van der Waals surface area contributed by atoms with Crippen LogP contribution in [-0.2, 0) is 14.3 Å². The van der Waals surface area contributed by atoms with Gasteiger partial charge in [-0.05, 0) is 39.3 Å². The number of ether oxygens (including phenoxy) is 2. The van der Waals surface area contributed by atoms with Gasteiger partial charge in [-0.2, -0.15) is 5.10 Å². The Balaban J connectivity index is 1.34. The summed E-state index contributed by atoms with van der Waals surface area (Å²) < 4.78 is 12.2. The molecule has 0 saturated carbocycles. The third-order valence-electron chi connectivity index (χ3n) is 5.52. The van der Waals surface area contributed by atoms with E-state index in [4.69, 9.17) is 9.47 Å². The van der Waals surface area contributed by atoms with Gasteiger partial charge in [0.1, 0.15) is 23.2 Å². The lowest BCUT2D eigenvalue weighted by atomic mass is 10.1. The Morgan fingerprint density at radius 1 is 1.06 bits per heavy atom. The summed E-state index contributed by atoms with van der Waals surface area (Å²) in [5.74, 6) is 0.462. The molecule has 186 valence electrons. The van der Waals surface area contributed by atoms with Gasteiger partial charge in [0.25, 0.3) is 11.5 Å². The molecule has 0 spiro atoms. The van der Waals surface area contributed by atoms with E-state index in [9.17, 15) is 19.2 Å². The van der Waals surface area contributed by atoms with E-state index in [2.05, 4.69) is 20.3 Å². The maximum absolute atomic E-state index is 12.5. The third kappa shape index (κ3) is 5.94. The molecule has 0 aliphatic carbocycles. The number of carbonyl (C=O) groups is 3. The second-order valence-electron chi connectivity index (χ2n) is 9.35. The average Bonchev–Trinajstić information content (AvgIpc) is 2.79. The van der Waals surface area contributed by atoms with Crippen LogP contribution in [0.4, 0.5) is 10.6 Å². The summed E-state index contributed by atoms with van der Waals surface area (Å²) in [4.78, 5) is 56.2. The second kappa shape index (κ2) is 9.72. The lowest BCUT2D eigenvalue weighted by Crippen LogP contribution is -2.50. The highest BCUT2D eigenvalue weighted by Crippen LogP contribution is 2.23. The van der Waals surface area contributed by atoms with E-state index in [0.717, 1.165) is 10.5 Å². The number of pyridine rings is 1. The van der Waals surface area contributed by atoms with Crippen molar-refractivity contribution in [2.75, 3.05) is 31.1 Å². The molecule has 2 fully saturated rings. The number of imide groups is 1. The lowest BCUT2D eigenvalue weighted by molar-refractivity contribution is -0.136. The SMILES string of the molecule is CC(C)(C)OC(=O)N1CCN(c2ccc(Oc3cnn(C4CCC(=O)NC4=O)c(=O)c3)cn2)CC1. The molecule has 4 rings (SSSR count). The number of piperidine rings is 1. The van der Waals surface area contributed by atoms with Gasteiger partial charge in [-0.3, -0.25) is 19.7 Å². The zero-order valence-electron chi connectivity index (χ0n) is 19.9. The number of rotatable bonds is 4. The fourth-order valence-corrected chi connectivity index (χ4v) is 3.81. The van der Waals surface area contributed by atoms with Gasteiger partial charge < -0.3 is 19.3 Å². The van der Waals surface area contributed by atoms with E-state index in [0.29, 0.717) is 31.9 Å². The van der Waals surface area contributed by atoms with E-state index in [1.54, 1.807) is 23.2 Å². The average molecular weight is 485 g/mol. The summed E-state index contributed by atoms with van der Waals surface area (Å²) in [5, 5.41) is 6.26. The fraction of sp³-hybridized carbons (Fsp3) is 0.478. The lowest BCUT2D eigenvalue weighted by Gasteiger charge is -2.36. The van der Waals surface area contributed by atoms with Gasteiger partial charge in [-0.1, -0.05) is 0 Å². The summed E-state index contributed by atoms with van der Waals surface area (Å²) in [6.07, 6.45) is 2.93. The molecule has 2 aromatic heterocycles. The minimum Gasteiger partial charge on any atom is -0.454 e. The van der Waals surface area contributed by atoms with Gasteiger partial charge in [0.2, 0.25) is 5.91 Å². The van der Waals surface area contributed by atoms with E-state index in [-0.39, 0.29) is 30.6 Å². The zero-order valence-corrected chi connectivity index (χ0v) is 19.9. The topological polar surface area (TPSA) is 136 Å². The largest absolute Gasteiger partial charge is 0.454 e. The molecule has 2 aliphatic rings. The van der Waals surface area contributed by atoms with Crippen LogP contribution in [0.25, 0.3) is 0 Å². The highest BCUT2D eigenvalue weighted by molar-refractivity contribution is 5.99. The van der Waals surface area contributed by atoms with Gasteiger partial charge in [-0.25, -0.2) is 14.5 Å². The first-order valence-electron chi connectivity index (χ1n) is 11.4. The van der Waals surface area contributed by atoms with Crippen molar-refractivity contribution in [2.24, 2.45) is 0 Å². The van der Waals surface area contributed by atoms with Crippen molar-refractivity contribution in [1.29, 1.82) is 0 Å². The van der Waals surface area contributed by atoms with Crippen molar-refractivity contribution < 1.29 is 23.9 Å². The number of nitrogens with one attached hydrogen (secondary N) is 1. The molecular weight excluding hydrogens is 456 g/mol. The van der Waals surface area contributed by atoms with Crippen LogP contribution < -0.4 is 20.5 Å². The Labute approximate surface area is 201 Å². The first kappa shape index (κ1) is 24.2. The maximum Gasteiger partial charge on any atom is 0.410 e. The molecular formula is C23H28N6O6. The summed E-state index contributed by atoms with van der Waals surface area (Å²) in [5.41, 5.74) is -1.04. The molecule has 0 radical (unpaired) electrons. The van der Waals surface area contributed by atoms with Crippen molar-refractivity contribution in [3.63, 3.8) is 0 Å². The van der Waals surface area contributed by atoms with Gasteiger partial charge in [0.05, 0.1) is 12.4 Å². The molecule has 35 heavy (non-hydrogen) atoms. The number of piperazine rings is 1. The number of nitrogens with zero attached hydrogens (tertiary/aromatic N) is 5. The highest BCUT2D eigenvalue weighted by Gasteiger charge is 2.30. The summed E-state index contributed by atoms with van der Waals surface area (Å²) in [6, 6.07) is 3.94. The van der Waals surface area contributed by atoms with Crippen LogP contribution in [0, 0.1) is 0 Å². The Kier molecular flexibility index (Phi) is 6.72. The highest BCUT2D eigenvalue weighted by atomic mass is 16.6. The molecule has 1 N–H and O–H groups in total. The van der Waals surface area contributed by atoms with Crippen LogP contribution in [0.3, 0.4) is 0 Å². The first-order valence-corrected chi connectivity index (χ1v) is 11.4. The van der Waals surface area contributed by atoms with Gasteiger partial charge in [-0.15, -0.1) is 0 Å². The number of hydrogen-bond donors (Lipinski definition) is 1. The normalized spacial score (nSPS) is 18.8. The van der Waals surface area contributed by atoms with Crippen molar-refractivity contribution in [3.05, 3.63) is 40.9 Å². The fourth-order valence-electron chi connectivity index (χ4n) is 3.81. The number of amides is 3. The van der Waals surface area contributed by atoms with E-state index < -0.39 is 23.1 Å². The smallest absolute Gasteiger partial charge is 0.410 e. The number of aromatic nitrogens is 3. The van der Waals surface area contributed by atoms with Gasteiger partial charge in [0.15, 0.2) is 5.75 Å². The summed E-state index contributed by atoms with van der Waals surface area (Å²) in [6.45, 7) is 7.83. The van der Waals surface area contributed by atoms with Gasteiger partial charge in [0, 0.05) is 38.7 Å². The number of hydrogen-bond acceptors (Lipinski definition) is 9. The molecule has 12 nitrogen and oxygen atoms in total. The predicted molar refractivity (Wildman–Crippen MR) is 124 cm³/mol. The molecule has 12 heteroatoms. The molecule has 2 aromatic rings. The molecule has 0 bridgehead atoms. The predicted octanol–water partition coefficient (Wildman–Crippen LogP) is 1.47. The van der Waals surface area contributed by atoms with Crippen molar-refractivity contribution >= 4 is 23.7 Å². The van der Waals surface area contributed by atoms with Crippen LogP contribution >= 0.6 is 0 Å². The Bertz CT molecular complexity index is 1160. The Hall–Kier alpha value is -3.96. The van der Waals surface area contributed by atoms with Crippen LogP contribution in [0.1, 0.15) is 39.7 Å². The van der Waals surface area contributed by atoms with E-state index >= 15 is 0 Å². The zero-order chi connectivity index (χ0) is 25.2. The first-order chi connectivity index (χ1) is 16.6. The van der Waals surface area contributed by atoms with Gasteiger partial charge >= 0.3 is 6.09 Å². The van der Waals surface area contributed by atoms with Crippen LogP contribution in [0.5, 0.6) is 11.5 Å². The minimum absolute atomic E-state index is 0.150. The van der Waals surface area contributed by atoms with Crippen LogP contribution in [0.15, 0.2) is 35.4 Å². The van der Waals surface area contributed by atoms with Crippen molar-refractivity contribution in [1.82, 2.24) is 25.0 Å². The standard InChI is InChI=1S/C23H28N6O6/c1-23(2,3)35-22(33)28-10-8-27(9-11-28)18-6-4-15(13-24-18)34-16-12-20(31)29(25-14-16)17-5-7-19(30)26-21(17)32/h4,6,12-14,17H,5,7-11H2,1-3H3,(H,26,30,32). The second-order valence-corrected chi connectivity index (χ2v) is 9.35. The van der Waals surface area contributed by atoms with Crippen LogP contribution in [-0.4, -0.2) is 69.4 Å². The monoisotopic (exact) mass is 484 g/mol. The van der Waals surface area contributed by atoms with E-state index in [1.165, 1.54) is 12.3 Å². The molecule has 2 saturated heterocycles. The molecule has 1 atom stereocenters. The van der Waals surface area contributed by atoms with Crippen molar-refractivity contribution in [3.8, 4) is 11.5 Å². The van der Waals surface area contributed by atoms with Crippen LogP contribution in [0.2, 0.25) is 0 Å². The summed E-state index contributed by atoms with van der Waals surface area (Å²) >= 11 is 0. The molecule has 0 aromatic carbocycles. The number of anilines is 1. The molecule has 3 amide bonds.